The van der Waals surface area contributed by atoms with E-state index in [0.717, 1.165) is 16.6 Å². The summed E-state index contributed by atoms with van der Waals surface area (Å²) in [5.41, 5.74) is 1.78. The van der Waals surface area contributed by atoms with Crippen LogP contribution in [0.1, 0.15) is 16.8 Å². The van der Waals surface area contributed by atoms with Crippen molar-refractivity contribution < 1.29 is 5.11 Å². The molecule has 3 rings (SSSR count). The van der Waals surface area contributed by atoms with Crippen LogP contribution in [0.3, 0.4) is 0 Å². The third kappa shape index (κ3) is 2.76. The molecule has 0 aliphatic carbocycles. The number of rotatable bonds is 3. The number of aliphatic hydroxyl groups is 1. The molecule has 0 radical (unpaired) electrons. The first kappa shape index (κ1) is 12.5. The van der Waals surface area contributed by atoms with E-state index in [9.17, 15) is 5.11 Å². The van der Waals surface area contributed by atoms with Gasteiger partial charge in [0, 0.05) is 17.5 Å². The molecule has 2 aromatic heterocycles. The molecule has 1 unspecified atom stereocenters. The van der Waals surface area contributed by atoms with E-state index < -0.39 is 6.10 Å². The third-order valence-corrected chi connectivity index (χ3v) is 4.06. The van der Waals surface area contributed by atoms with E-state index in [0.29, 0.717) is 15.8 Å². The number of thiazole rings is 1. The van der Waals surface area contributed by atoms with Crippen molar-refractivity contribution in [2.75, 3.05) is 0 Å². The summed E-state index contributed by atoms with van der Waals surface area (Å²) in [6.45, 7) is 0. The highest BCUT2D eigenvalue weighted by Gasteiger charge is 2.13. The maximum Gasteiger partial charge on any atom is 0.123 e. The van der Waals surface area contributed by atoms with Crippen LogP contribution in [0.25, 0.3) is 10.9 Å². The number of aromatic nitrogens is 2. The molecule has 19 heavy (non-hydrogen) atoms. The van der Waals surface area contributed by atoms with Crippen molar-refractivity contribution in [3.8, 4) is 0 Å². The first-order valence-electron chi connectivity index (χ1n) is 5.86. The van der Waals surface area contributed by atoms with Gasteiger partial charge in [0.1, 0.15) is 15.4 Å². The maximum absolute atomic E-state index is 10.1. The van der Waals surface area contributed by atoms with Gasteiger partial charge in [-0.15, -0.1) is 11.3 Å². The normalized spacial score (nSPS) is 12.7. The summed E-state index contributed by atoms with van der Waals surface area (Å²) >= 11 is 7.11. The van der Waals surface area contributed by atoms with Gasteiger partial charge in [-0.3, -0.25) is 4.98 Å². The van der Waals surface area contributed by atoms with E-state index >= 15 is 0 Å². The highest BCUT2D eigenvalue weighted by molar-refractivity contribution is 7.15. The minimum atomic E-state index is -0.661. The van der Waals surface area contributed by atoms with Gasteiger partial charge in [-0.25, -0.2) is 4.98 Å². The van der Waals surface area contributed by atoms with Crippen LogP contribution < -0.4 is 0 Å². The number of hydrogen-bond acceptors (Lipinski definition) is 4. The molecule has 96 valence electrons. The van der Waals surface area contributed by atoms with Gasteiger partial charge in [0.2, 0.25) is 0 Å². The zero-order chi connectivity index (χ0) is 13.2. The van der Waals surface area contributed by atoms with Gasteiger partial charge in [-0.1, -0.05) is 35.9 Å². The molecule has 2 heterocycles. The Balaban J connectivity index is 1.84. The van der Waals surface area contributed by atoms with E-state index in [2.05, 4.69) is 9.97 Å². The summed E-state index contributed by atoms with van der Waals surface area (Å²) in [5.74, 6) is 0. The number of pyridine rings is 1. The Labute approximate surface area is 119 Å². The molecule has 5 heteroatoms. The predicted molar refractivity (Wildman–Crippen MR) is 77.5 cm³/mol. The minimum Gasteiger partial charge on any atom is -0.386 e. The van der Waals surface area contributed by atoms with E-state index in [-0.39, 0.29) is 0 Å². The molecule has 0 saturated heterocycles. The van der Waals surface area contributed by atoms with Crippen LogP contribution >= 0.6 is 22.9 Å². The molecule has 0 amide bonds. The van der Waals surface area contributed by atoms with Gasteiger partial charge in [0.25, 0.3) is 0 Å². The Morgan fingerprint density at radius 1 is 1.21 bits per heavy atom. The SMILES string of the molecule is OC(Cc1ccc2ccccc2n1)c1ncc(Cl)s1. The molecule has 0 aliphatic rings. The minimum absolute atomic E-state index is 0.439. The Kier molecular flexibility index (Phi) is 3.46. The van der Waals surface area contributed by atoms with Crippen LogP contribution in [0.5, 0.6) is 0 Å². The van der Waals surface area contributed by atoms with Crippen molar-refractivity contribution in [2.45, 2.75) is 12.5 Å². The quantitative estimate of drug-likeness (QED) is 0.801. The first-order chi connectivity index (χ1) is 9.22. The Hall–Kier alpha value is -1.49. The third-order valence-electron chi connectivity index (χ3n) is 2.84. The molecule has 0 bridgehead atoms. The summed E-state index contributed by atoms with van der Waals surface area (Å²) in [6.07, 6.45) is 1.33. The van der Waals surface area contributed by atoms with Crippen LogP contribution in [0.15, 0.2) is 42.6 Å². The molecular formula is C14H11ClN2OS. The lowest BCUT2D eigenvalue weighted by molar-refractivity contribution is 0.177. The van der Waals surface area contributed by atoms with Crippen molar-refractivity contribution in [1.29, 1.82) is 0 Å². The van der Waals surface area contributed by atoms with Crippen LogP contribution in [-0.2, 0) is 6.42 Å². The van der Waals surface area contributed by atoms with Crippen LogP contribution in [0.4, 0.5) is 0 Å². The second-order valence-electron chi connectivity index (χ2n) is 4.22. The lowest BCUT2D eigenvalue weighted by Crippen LogP contribution is -2.02. The monoisotopic (exact) mass is 290 g/mol. The first-order valence-corrected chi connectivity index (χ1v) is 7.06. The number of hydrogen-bond donors (Lipinski definition) is 1. The van der Waals surface area contributed by atoms with E-state index in [1.807, 2.05) is 36.4 Å². The number of benzene rings is 1. The van der Waals surface area contributed by atoms with E-state index in [1.165, 1.54) is 11.3 Å². The molecule has 0 spiro atoms. The zero-order valence-corrected chi connectivity index (χ0v) is 11.5. The molecule has 1 N–H and O–H groups in total. The van der Waals surface area contributed by atoms with Gasteiger partial charge >= 0.3 is 0 Å². The van der Waals surface area contributed by atoms with E-state index in [1.54, 1.807) is 6.20 Å². The lowest BCUT2D eigenvalue weighted by Gasteiger charge is -2.07. The maximum atomic E-state index is 10.1. The van der Waals surface area contributed by atoms with Gasteiger partial charge in [-0.05, 0) is 12.1 Å². The van der Waals surface area contributed by atoms with E-state index in [4.69, 9.17) is 11.6 Å². The second kappa shape index (κ2) is 5.25. The lowest BCUT2D eigenvalue weighted by atomic mass is 10.1. The van der Waals surface area contributed by atoms with Crippen molar-refractivity contribution in [2.24, 2.45) is 0 Å². The fourth-order valence-electron chi connectivity index (χ4n) is 1.93. The standard InChI is InChI=1S/C14H11ClN2OS/c15-13-8-16-14(19-13)12(18)7-10-6-5-9-3-1-2-4-11(9)17-10/h1-6,8,12,18H,7H2. The fourth-order valence-corrected chi connectivity index (χ4v) is 2.84. The van der Waals surface area contributed by atoms with Gasteiger partial charge in [0.05, 0.1) is 11.7 Å². The Morgan fingerprint density at radius 2 is 2.05 bits per heavy atom. The Bertz CT molecular complexity index is 713. The van der Waals surface area contributed by atoms with Crippen LogP contribution in [0.2, 0.25) is 4.34 Å². The topological polar surface area (TPSA) is 46.0 Å². The van der Waals surface area contributed by atoms with Crippen molar-refractivity contribution >= 4 is 33.8 Å². The average molecular weight is 291 g/mol. The van der Waals surface area contributed by atoms with Crippen LogP contribution in [0, 0.1) is 0 Å². The number of fused-ring (bicyclic) bond motifs is 1. The number of nitrogens with zero attached hydrogens (tertiary/aromatic N) is 2. The summed E-state index contributed by atoms with van der Waals surface area (Å²) < 4.78 is 0.584. The second-order valence-corrected chi connectivity index (χ2v) is 5.91. The summed E-state index contributed by atoms with van der Waals surface area (Å²) in [5, 5.41) is 11.8. The van der Waals surface area contributed by atoms with Crippen molar-refractivity contribution in [3.63, 3.8) is 0 Å². The Morgan fingerprint density at radius 3 is 2.84 bits per heavy atom. The fraction of sp³-hybridized carbons (Fsp3) is 0.143. The molecular weight excluding hydrogens is 280 g/mol. The largest absolute Gasteiger partial charge is 0.386 e. The molecule has 0 aliphatic heterocycles. The zero-order valence-electron chi connectivity index (χ0n) is 9.95. The number of halogens is 1. The number of para-hydroxylation sites is 1. The van der Waals surface area contributed by atoms with Crippen LogP contribution in [-0.4, -0.2) is 15.1 Å². The highest BCUT2D eigenvalue weighted by Crippen LogP contribution is 2.26. The highest BCUT2D eigenvalue weighted by atomic mass is 35.5. The summed E-state index contributed by atoms with van der Waals surface area (Å²) in [4.78, 5) is 8.61. The smallest absolute Gasteiger partial charge is 0.123 e. The predicted octanol–water partition coefficient (Wildman–Crippen LogP) is 3.62. The molecule has 3 aromatic rings. The van der Waals surface area contributed by atoms with Gasteiger partial charge < -0.3 is 5.11 Å². The molecule has 1 atom stereocenters. The molecule has 0 saturated carbocycles. The van der Waals surface area contributed by atoms with Gasteiger partial charge in [-0.2, -0.15) is 0 Å². The van der Waals surface area contributed by atoms with Crippen molar-refractivity contribution in [1.82, 2.24) is 9.97 Å². The average Bonchev–Trinajstić information content (AvgIpc) is 2.85. The van der Waals surface area contributed by atoms with Gasteiger partial charge in [0.15, 0.2) is 0 Å². The molecule has 3 nitrogen and oxygen atoms in total. The summed E-state index contributed by atoms with van der Waals surface area (Å²) in [7, 11) is 0. The number of aliphatic hydroxyl groups excluding tert-OH is 1. The van der Waals surface area contributed by atoms with Crippen molar-refractivity contribution in [3.05, 3.63) is 57.6 Å². The summed E-state index contributed by atoms with van der Waals surface area (Å²) in [6, 6.07) is 11.9. The molecule has 0 fully saturated rings. The molecule has 1 aromatic carbocycles.